The summed E-state index contributed by atoms with van der Waals surface area (Å²) in [6, 6.07) is 0. The Morgan fingerprint density at radius 2 is 2.47 bits per heavy atom. The van der Waals surface area contributed by atoms with Gasteiger partial charge in [0.05, 0.1) is 24.4 Å². The molecule has 0 saturated carbocycles. The summed E-state index contributed by atoms with van der Waals surface area (Å²) >= 11 is 6.15. The first-order valence-electron chi connectivity index (χ1n) is 6.60. The molecule has 6 heteroatoms. The molecule has 1 aliphatic rings. The minimum absolute atomic E-state index is 0.0959. The molecule has 1 aromatic heterocycles. The Kier molecular flexibility index (Phi) is 4.60. The van der Waals surface area contributed by atoms with Crippen LogP contribution in [0.15, 0.2) is 6.20 Å². The van der Waals surface area contributed by atoms with Crippen molar-refractivity contribution in [1.29, 1.82) is 0 Å². The third kappa shape index (κ3) is 2.68. The van der Waals surface area contributed by atoms with E-state index in [1.165, 1.54) is 6.20 Å². The number of carbonyl (C=O) groups is 1. The Morgan fingerprint density at radius 1 is 1.68 bits per heavy atom. The largest absolute Gasteiger partial charge is 0.383 e. The smallest absolute Gasteiger partial charge is 0.189 e. The summed E-state index contributed by atoms with van der Waals surface area (Å²) in [5.41, 5.74) is 0.179. The summed E-state index contributed by atoms with van der Waals surface area (Å²) in [7, 11) is 1.63. The minimum atomic E-state index is -0.339. The summed E-state index contributed by atoms with van der Waals surface area (Å²) in [5, 5.41) is 7.88. The molecule has 2 heterocycles. The lowest BCUT2D eigenvalue weighted by atomic mass is 9.78. The average molecular weight is 286 g/mol. The van der Waals surface area contributed by atoms with Gasteiger partial charge in [0.2, 0.25) is 0 Å². The van der Waals surface area contributed by atoms with Gasteiger partial charge in [-0.2, -0.15) is 5.10 Å². The molecule has 1 aliphatic heterocycles. The van der Waals surface area contributed by atoms with E-state index in [0.717, 1.165) is 19.4 Å². The van der Waals surface area contributed by atoms with Crippen LogP contribution in [0.5, 0.6) is 0 Å². The second-order valence-electron chi connectivity index (χ2n) is 4.95. The van der Waals surface area contributed by atoms with Crippen molar-refractivity contribution in [2.45, 2.75) is 26.3 Å². The van der Waals surface area contributed by atoms with Crippen LogP contribution in [0.2, 0.25) is 5.02 Å². The molecule has 0 radical (unpaired) electrons. The molecule has 1 N–H and O–H groups in total. The van der Waals surface area contributed by atoms with Gasteiger partial charge in [0.25, 0.3) is 0 Å². The van der Waals surface area contributed by atoms with Gasteiger partial charge in [0.1, 0.15) is 5.69 Å². The van der Waals surface area contributed by atoms with Gasteiger partial charge >= 0.3 is 0 Å². The lowest BCUT2D eigenvalue weighted by Gasteiger charge is -2.25. The van der Waals surface area contributed by atoms with E-state index in [4.69, 9.17) is 16.3 Å². The number of aromatic nitrogens is 2. The quantitative estimate of drug-likeness (QED) is 0.809. The fourth-order valence-corrected chi connectivity index (χ4v) is 2.81. The summed E-state index contributed by atoms with van der Waals surface area (Å²) < 4.78 is 6.70. The number of hydrogen-bond donors (Lipinski definition) is 1. The van der Waals surface area contributed by atoms with E-state index in [2.05, 4.69) is 17.3 Å². The van der Waals surface area contributed by atoms with Crippen molar-refractivity contribution >= 4 is 17.4 Å². The highest BCUT2D eigenvalue weighted by molar-refractivity contribution is 6.33. The SMILES string of the molecule is CCC1(C(=O)c2c(Cl)cnn2CCOC)CCNC1. The van der Waals surface area contributed by atoms with E-state index in [1.807, 2.05) is 0 Å². The van der Waals surface area contributed by atoms with Crippen LogP contribution in [-0.4, -0.2) is 42.4 Å². The summed E-state index contributed by atoms with van der Waals surface area (Å²) in [6.45, 7) is 4.69. The standard InChI is InChI=1S/C13H20ClN3O2/c1-3-13(4-5-15-9-13)12(18)11-10(14)8-16-17(11)6-7-19-2/h8,15H,3-7,9H2,1-2H3. The fourth-order valence-electron chi connectivity index (χ4n) is 2.59. The van der Waals surface area contributed by atoms with Crippen LogP contribution in [0, 0.1) is 5.41 Å². The van der Waals surface area contributed by atoms with E-state index in [0.29, 0.717) is 30.4 Å². The van der Waals surface area contributed by atoms with Crippen molar-refractivity contribution < 1.29 is 9.53 Å². The molecule has 0 aromatic carbocycles. The van der Waals surface area contributed by atoms with Crippen LogP contribution >= 0.6 is 11.6 Å². The molecule has 1 aromatic rings. The molecule has 2 rings (SSSR count). The fraction of sp³-hybridized carbons (Fsp3) is 0.692. The van der Waals surface area contributed by atoms with Crippen molar-refractivity contribution in [2.75, 3.05) is 26.8 Å². The zero-order valence-electron chi connectivity index (χ0n) is 11.4. The van der Waals surface area contributed by atoms with Crippen molar-refractivity contribution in [2.24, 2.45) is 5.41 Å². The van der Waals surface area contributed by atoms with Crippen LogP contribution in [0.25, 0.3) is 0 Å². The number of nitrogens with zero attached hydrogens (tertiary/aromatic N) is 2. The first-order valence-corrected chi connectivity index (χ1v) is 6.98. The predicted octanol–water partition coefficient (Wildman–Crippen LogP) is 1.76. The van der Waals surface area contributed by atoms with Gasteiger partial charge in [0.15, 0.2) is 5.78 Å². The molecule has 5 nitrogen and oxygen atoms in total. The van der Waals surface area contributed by atoms with E-state index in [-0.39, 0.29) is 11.2 Å². The van der Waals surface area contributed by atoms with E-state index in [9.17, 15) is 4.79 Å². The van der Waals surface area contributed by atoms with Gasteiger partial charge in [-0.05, 0) is 19.4 Å². The number of halogens is 1. The third-order valence-corrected chi connectivity index (χ3v) is 4.20. The van der Waals surface area contributed by atoms with Gasteiger partial charge in [-0.1, -0.05) is 18.5 Å². The number of ether oxygens (including phenoxy) is 1. The molecule has 1 atom stereocenters. The van der Waals surface area contributed by atoms with Crippen molar-refractivity contribution in [1.82, 2.24) is 15.1 Å². The molecule has 0 amide bonds. The van der Waals surface area contributed by atoms with Crippen molar-refractivity contribution in [3.63, 3.8) is 0 Å². The van der Waals surface area contributed by atoms with Crippen LogP contribution in [0.4, 0.5) is 0 Å². The van der Waals surface area contributed by atoms with Gasteiger partial charge in [-0.3, -0.25) is 9.48 Å². The highest BCUT2D eigenvalue weighted by atomic mass is 35.5. The van der Waals surface area contributed by atoms with Crippen LogP contribution in [-0.2, 0) is 11.3 Å². The molecule has 106 valence electrons. The first kappa shape index (κ1) is 14.5. The zero-order chi connectivity index (χ0) is 13.9. The van der Waals surface area contributed by atoms with Crippen LogP contribution in [0.1, 0.15) is 30.3 Å². The van der Waals surface area contributed by atoms with E-state index >= 15 is 0 Å². The van der Waals surface area contributed by atoms with Gasteiger partial charge in [-0.15, -0.1) is 0 Å². The number of hydrogen-bond acceptors (Lipinski definition) is 4. The molecular formula is C13H20ClN3O2. The molecule has 19 heavy (non-hydrogen) atoms. The van der Waals surface area contributed by atoms with Crippen molar-refractivity contribution in [3.05, 3.63) is 16.9 Å². The number of Topliss-reactive ketones (excluding diaryl/α,β-unsaturated/α-hetero) is 1. The molecule has 0 bridgehead atoms. The molecule has 0 aliphatic carbocycles. The van der Waals surface area contributed by atoms with E-state index in [1.54, 1.807) is 11.8 Å². The average Bonchev–Trinajstić information content (AvgIpc) is 3.03. The summed E-state index contributed by atoms with van der Waals surface area (Å²) in [6.07, 6.45) is 3.20. The maximum atomic E-state index is 12.8. The first-order chi connectivity index (χ1) is 9.14. The summed E-state index contributed by atoms with van der Waals surface area (Å²) in [4.78, 5) is 12.8. The van der Waals surface area contributed by atoms with Crippen LogP contribution < -0.4 is 5.32 Å². The van der Waals surface area contributed by atoms with Crippen molar-refractivity contribution in [3.8, 4) is 0 Å². The number of ketones is 1. The van der Waals surface area contributed by atoms with Gasteiger partial charge < -0.3 is 10.1 Å². The maximum Gasteiger partial charge on any atom is 0.189 e. The Bertz CT molecular complexity index is 453. The monoisotopic (exact) mass is 285 g/mol. The normalized spacial score (nSPS) is 22.9. The Morgan fingerprint density at radius 3 is 3.05 bits per heavy atom. The number of nitrogens with one attached hydrogen (secondary N) is 1. The third-order valence-electron chi connectivity index (χ3n) is 3.92. The summed E-state index contributed by atoms with van der Waals surface area (Å²) in [5.74, 6) is 0.0959. The van der Waals surface area contributed by atoms with E-state index < -0.39 is 0 Å². The lowest BCUT2D eigenvalue weighted by Crippen LogP contribution is -2.34. The second-order valence-corrected chi connectivity index (χ2v) is 5.35. The molecule has 1 unspecified atom stereocenters. The predicted molar refractivity (Wildman–Crippen MR) is 73.7 cm³/mol. The van der Waals surface area contributed by atoms with Gasteiger partial charge in [-0.25, -0.2) is 0 Å². The highest BCUT2D eigenvalue weighted by Crippen LogP contribution is 2.35. The Labute approximate surface area is 118 Å². The Balaban J connectivity index is 2.29. The minimum Gasteiger partial charge on any atom is -0.383 e. The molecule has 1 fully saturated rings. The molecule has 0 spiro atoms. The maximum absolute atomic E-state index is 12.8. The second kappa shape index (κ2) is 6.03. The lowest BCUT2D eigenvalue weighted by molar-refractivity contribution is 0.0795. The Hall–Kier alpha value is -0.910. The van der Waals surface area contributed by atoms with Crippen LogP contribution in [0.3, 0.4) is 0 Å². The van der Waals surface area contributed by atoms with Gasteiger partial charge in [0, 0.05) is 19.1 Å². The topological polar surface area (TPSA) is 56.2 Å². The number of rotatable bonds is 6. The zero-order valence-corrected chi connectivity index (χ0v) is 12.2. The molecular weight excluding hydrogens is 266 g/mol. The number of methoxy groups -OCH3 is 1. The number of carbonyl (C=O) groups excluding carboxylic acids is 1. The molecule has 1 saturated heterocycles. The highest BCUT2D eigenvalue weighted by Gasteiger charge is 2.42.